The number of nitrogens with zero attached hydrogens (tertiary/aromatic N) is 5. The normalized spacial score (nSPS) is 15.7. The molecule has 0 unspecified atom stereocenters. The van der Waals surface area contributed by atoms with E-state index in [0.29, 0.717) is 44.0 Å². The lowest BCUT2D eigenvalue weighted by Crippen LogP contribution is -2.47. The molecule has 4 heterocycles. The highest BCUT2D eigenvalue weighted by atomic mass is 16.5. The first-order valence-electron chi connectivity index (χ1n) is 11.5. The predicted molar refractivity (Wildman–Crippen MR) is 127 cm³/mol. The van der Waals surface area contributed by atoms with Crippen molar-refractivity contribution in [2.45, 2.75) is 39.3 Å². The Morgan fingerprint density at radius 1 is 1.37 bits per heavy atom. The number of urea groups is 1. The molecule has 0 saturated carbocycles. The molecule has 0 bridgehead atoms. The quantitative estimate of drug-likeness (QED) is 0.601. The molecule has 0 spiro atoms. The van der Waals surface area contributed by atoms with Gasteiger partial charge in [-0.3, -0.25) is 24.7 Å². The van der Waals surface area contributed by atoms with E-state index < -0.39 is 6.03 Å². The van der Waals surface area contributed by atoms with Gasteiger partial charge in [0.2, 0.25) is 5.91 Å². The number of nitrogens with one attached hydrogen (secondary N) is 2. The molecule has 11 heteroatoms. The van der Waals surface area contributed by atoms with Crippen molar-refractivity contribution in [1.82, 2.24) is 20.2 Å². The number of pyridine rings is 2. The second-order valence-electron chi connectivity index (χ2n) is 8.72. The molecule has 2 aliphatic rings. The van der Waals surface area contributed by atoms with E-state index in [1.54, 1.807) is 0 Å². The summed E-state index contributed by atoms with van der Waals surface area (Å²) in [6, 6.07) is 5.01. The van der Waals surface area contributed by atoms with Crippen LogP contribution in [0.3, 0.4) is 0 Å². The Morgan fingerprint density at radius 3 is 2.91 bits per heavy atom. The van der Waals surface area contributed by atoms with Crippen LogP contribution in [0.5, 0.6) is 5.75 Å². The SMILES string of the molecule is CC(C)Oc1cc(NC(=O)N2CCCc3cc(CN4CCNC(=O)C4)c(C=O)nc32)ncc1C#N. The van der Waals surface area contributed by atoms with Gasteiger partial charge in [-0.15, -0.1) is 0 Å². The molecule has 11 nitrogen and oxygen atoms in total. The van der Waals surface area contributed by atoms with Gasteiger partial charge in [0.1, 0.15) is 34.7 Å². The zero-order valence-corrected chi connectivity index (χ0v) is 19.7. The van der Waals surface area contributed by atoms with Crippen molar-refractivity contribution in [3.05, 3.63) is 40.7 Å². The number of fused-ring (bicyclic) bond motifs is 1. The molecular formula is C24H27N7O4. The first kappa shape index (κ1) is 24.1. The number of aldehydes is 1. The Labute approximate surface area is 203 Å². The molecular weight excluding hydrogens is 450 g/mol. The van der Waals surface area contributed by atoms with Crippen LogP contribution >= 0.6 is 0 Å². The van der Waals surface area contributed by atoms with E-state index in [4.69, 9.17) is 4.74 Å². The van der Waals surface area contributed by atoms with Gasteiger partial charge < -0.3 is 10.1 Å². The Balaban J connectivity index is 1.56. The van der Waals surface area contributed by atoms with Gasteiger partial charge >= 0.3 is 6.03 Å². The number of hydrogen-bond donors (Lipinski definition) is 2. The molecule has 1 saturated heterocycles. The molecule has 3 amide bonds. The van der Waals surface area contributed by atoms with Gasteiger partial charge in [0, 0.05) is 32.2 Å². The van der Waals surface area contributed by atoms with Crippen molar-refractivity contribution >= 4 is 29.9 Å². The number of carbonyl (C=O) groups excluding carboxylic acids is 3. The fourth-order valence-corrected chi connectivity index (χ4v) is 4.17. The summed E-state index contributed by atoms with van der Waals surface area (Å²) in [6.07, 6.45) is 3.34. The van der Waals surface area contributed by atoms with Crippen molar-refractivity contribution in [2.75, 3.05) is 36.4 Å². The lowest BCUT2D eigenvalue weighted by atomic mass is 10.0. The fourth-order valence-electron chi connectivity index (χ4n) is 4.17. The summed E-state index contributed by atoms with van der Waals surface area (Å²) in [5.41, 5.74) is 2.12. The molecule has 1 fully saturated rings. The average Bonchev–Trinajstić information content (AvgIpc) is 2.83. The van der Waals surface area contributed by atoms with Crippen LogP contribution in [0.4, 0.5) is 16.4 Å². The number of anilines is 2. The van der Waals surface area contributed by atoms with Crippen LogP contribution in [0.2, 0.25) is 0 Å². The van der Waals surface area contributed by atoms with Gasteiger partial charge in [-0.2, -0.15) is 5.26 Å². The van der Waals surface area contributed by atoms with E-state index in [0.717, 1.165) is 24.0 Å². The Morgan fingerprint density at radius 2 is 2.20 bits per heavy atom. The maximum absolute atomic E-state index is 13.1. The van der Waals surface area contributed by atoms with Gasteiger partial charge in [-0.1, -0.05) is 0 Å². The number of piperazine rings is 1. The molecule has 2 aliphatic heterocycles. The number of aryl methyl sites for hydroxylation is 1. The average molecular weight is 478 g/mol. The molecule has 0 aromatic carbocycles. The predicted octanol–water partition coefficient (Wildman–Crippen LogP) is 1.86. The smallest absolute Gasteiger partial charge is 0.328 e. The molecule has 35 heavy (non-hydrogen) atoms. The summed E-state index contributed by atoms with van der Waals surface area (Å²) in [5.74, 6) is 0.968. The molecule has 0 atom stereocenters. The Hall–Kier alpha value is -4.04. The zero-order valence-electron chi connectivity index (χ0n) is 19.7. The number of rotatable bonds is 6. The first-order valence-corrected chi connectivity index (χ1v) is 11.5. The minimum Gasteiger partial charge on any atom is -0.489 e. The van der Waals surface area contributed by atoms with Crippen molar-refractivity contribution < 1.29 is 19.1 Å². The fraction of sp³-hybridized carbons (Fsp3) is 0.417. The summed E-state index contributed by atoms with van der Waals surface area (Å²) in [4.78, 5) is 48.8. The van der Waals surface area contributed by atoms with E-state index >= 15 is 0 Å². The standard InChI is InChI=1S/C24H27N7O4/c1-15(2)35-20-9-21(27-11-18(20)10-25)29-24(34)31-6-3-4-16-8-17(19(14-32)28-23(16)31)12-30-7-5-26-22(33)13-30/h8-9,11,14-15H,3-7,12-13H2,1-2H3,(H,26,33)(H,27,29,34). The lowest BCUT2D eigenvalue weighted by molar-refractivity contribution is -0.124. The number of aromatic nitrogens is 2. The number of ether oxygens (including phenoxy) is 1. The van der Waals surface area contributed by atoms with Crippen molar-refractivity contribution in [3.8, 4) is 11.8 Å². The number of carbonyl (C=O) groups is 3. The Bertz CT molecular complexity index is 1190. The van der Waals surface area contributed by atoms with E-state index in [1.165, 1.54) is 17.2 Å². The van der Waals surface area contributed by atoms with Crippen LogP contribution in [0.25, 0.3) is 0 Å². The highest BCUT2D eigenvalue weighted by molar-refractivity contribution is 6.01. The van der Waals surface area contributed by atoms with Crippen LogP contribution in [-0.2, 0) is 17.8 Å². The van der Waals surface area contributed by atoms with Crippen LogP contribution in [0, 0.1) is 11.3 Å². The lowest BCUT2D eigenvalue weighted by Gasteiger charge is -2.30. The zero-order chi connectivity index (χ0) is 24.9. The maximum atomic E-state index is 13.1. The van der Waals surface area contributed by atoms with Crippen molar-refractivity contribution in [3.63, 3.8) is 0 Å². The molecule has 0 aliphatic carbocycles. The second kappa shape index (κ2) is 10.5. The number of nitriles is 1. The van der Waals surface area contributed by atoms with E-state index in [-0.39, 0.29) is 35.6 Å². The van der Waals surface area contributed by atoms with Crippen LogP contribution in [0.15, 0.2) is 18.3 Å². The molecule has 2 N–H and O–H groups in total. The molecule has 4 rings (SSSR count). The van der Waals surface area contributed by atoms with Crippen LogP contribution in [-0.4, -0.2) is 65.4 Å². The Kier molecular flexibility index (Phi) is 7.22. The highest BCUT2D eigenvalue weighted by Crippen LogP contribution is 2.29. The minimum atomic E-state index is -0.441. The molecule has 182 valence electrons. The third-order valence-corrected chi connectivity index (χ3v) is 5.73. The summed E-state index contributed by atoms with van der Waals surface area (Å²) in [7, 11) is 0. The first-order chi connectivity index (χ1) is 16.9. The monoisotopic (exact) mass is 477 g/mol. The topological polar surface area (TPSA) is 141 Å². The molecule has 2 aromatic heterocycles. The number of hydrogen-bond acceptors (Lipinski definition) is 8. The summed E-state index contributed by atoms with van der Waals surface area (Å²) >= 11 is 0. The highest BCUT2D eigenvalue weighted by Gasteiger charge is 2.27. The summed E-state index contributed by atoms with van der Waals surface area (Å²) in [6.45, 7) is 6.07. The second-order valence-corrected chi connectivity index (χ2v) is 8.72. The van der Waals surface area contributed by atoms with Gasteiger partial charge in [0.15, 0.2) is 6.29 Å². The van der Waals surface area contributed by atoms with Crippen LogP contribution < -0.4 is 20.3 Å². The van der Waals surface area contributed by atoms with Crippen molar-refractivity contribution in [1.29, 1.82) is 5.26 Å². The van der Waals surface area contributed by atoms with Crippen molar-refractivity contribution in [2.24, 2.45) is 0 Å². The molecule has 0 radical (unpaired) electrons. The number of amides is 3. The van der Waals surface area contributed by atoms with E-state index in [2.05, 4.69) is 20.6 Å². The summed E-state index contributed by atoms with van der Waals surface area (Å²) < 4.78 is 5.67. The maximum Gasteiger partial charge on any atom is 0.328 e. The van der Waals surface area contributed by atoms with Gasteiger partial charge in [-0.05, 0) is 43.9 Å². The van der Waals surface area contributed by atoms with E-state index in [9.17, 15) is 19.6 Å². The van der Waals surface area contributed by atoms with Crippen LogP contribution in [0.1, 0.15) is 47.4 Å². The third kappa shape index (κ3) is 5.55. The largest absolute Gasteiger partial charge is 0.489 e. The third-order valence-electron chi connectivity index (χ3n) is 5.73. The van der Waals surface area contributed by atoms with Gasteiger partial charge in [0.05, 0.1) is 18.8 Å². The van der Waals surface area contributed by atoms with Gasteiger partial charge in [0.25, 0.3) is 0 Å². The summed E-state index contributed by atoms with van der Waals surface area (Å²) in [5, 5.41) is 14.8. The van der Waals surface area contributed by atoms with Gasteiger partial charge in [-0.25, -0.2) is 14.8 Å². The molecule has 2 aromatic rings. The van der Waals surface area contributed by atoms with E-state index in [1.807, 2.05) is 30.9 Å². The minimum absolute atomic E-state index is 0.0453.